The molecule has 1 N–H and O–H groups in total. The number of hydrogen-bond acceptors (Lipinski definition) is 4. The molecule has 0 amide bonds. The molecule has 1 aliphatic heterocycles. The van der Waals surface area contributed by atoms with Gasteiger partial charge in [0.15, 0.2) is 0 Å². The maximum atomic E-state index is 12.2. The van der Waals surface area contributed by atoms with E-state index in [1.807, 2.05) is 39.0 Å². The number of carbonyl (C=O) groups is 1. The molecule has 2 unspecified atom stereocenters. The Kier molecular flexibility index (Phi) is 3.66. The molecule has 0 spiro atoms. The average Bonchev–Trinajstić information content (AvgIpc) is 2.76. The van der Waals surface area contributed by atoms with Gasteiger partial charge in [-0.1, -0.05) is 6.07 Å². The lowest BCUT2D eigenvalue weighted by molar-refractivity contribution is -0.159. The Balaban J connectivity index is 2.11. The van der Waals surface area contributed by atoms with Crippen LogP contribution >= 0.6 is 0 Å². The fourth-order valence-corrected chi connectivity index (χ4v) is 2.21. The Labute approximate surface area is 108 Å². The van der Waals surface area contributed by atoms with Crippen LogP contribution in [0.3, 0.4) is 0 Å². The molecule has 0 radical (unpaired) electrons. The van der Waals surface area contributed by atoms with Crippen LogP contribution in [-0.2, 0) is 9.53 Å². The van der Waals surface area contributed by atoms with Crippen molar-refractivity contribution >= 4 is 5.97 Å². The first-order valence-corrected chi connectivity index (χ1v) is 6.32. The second kappa shape index (κ2) is 5.06. The molecule has 1 fully saturated rings. The maximum absolute atomic E-state index is 12.2. The molecule has 4 heteroatoms. The number of nitrogens with one attached hydrogen (secondary N) is 1. The summed E-state index contributed by atoms with van der Waals surface area (Å²) >= 11 is 0. The van der Waals surface area contributed by atoms with Crippen molar-refractivity contribution in [2.75, 3.05) is 13.1 Å². The van der Waals surface area contributed by atoms with Gasteiger partial charge in [-0.05, 0) is 32.9 Å². The molecular formula is C14H20N2O2. The van der Waals surface area contributed by atoms with Crippen LogP contribution in [0.15, 0.2) is 24.4 Å². The van der Waals surface area contributed by atoms with Gasteiger partial charge < -0.3 is 10.1 Å². The van der Waals surface area contributed by atoms with Gasteiger partial charge in [0.1, 0.15) is 5.60 Å². The number of ether oxygens (including phenoxy) is 1. The van der Waals surface area contributed by atoms with Crippen molar-refractivity contribution in [1.29, 1.82) is 0 Å². The summed E-state index contributed by atoms with van der Waals surface area (Å²) in [5.74, 6) is -0.164. The van der Waals surface area contributed by atoms with Crippen molar-refractivity contribution in [1.82, 2.24) is 10.3 Å². The third-order valence-corrected chi connectivity index (χ3v) is 2.99. The molecule has 1 aromatic heterocycles. The quantitative estimate of drug-likeness (QED) is 0.810. The zero-order chi connectivity index (χ0) is 13.2. The molecule has 0 aliphatic carbocycles. The van der Waals surface area contributed by atoms with Crippen molar-refractivity contribution in [2.45, 2.75) is 32.3 Å². The normalized spacial score (nSPS) is 23.9. The highest BCUT2D eigenvalue weighted by Crippen LogP contribution is 2.28. The fraction of sp³-hybridized carbons (Fsp3) is 0.571. The van der Waals surface area contributed by atoms with Crippen LogP contribution in [-0.4, -0.2) is 29.6 Å². The predicted molar refractivity (Wildman–Crippen MR) is 69.2 cm³/mol. The van der Waals surface area contributed by atoms with Crippen LogP contribution in [0, 0.1) is 5.92 Å². The minimum absolute atomic E-state index is 0.112. The van der Waals surface area contributed by atoms with Gasteiger partial charge in [-0.2, -0.15) is 0 Å². The molecule has 4 nitrogen and oxygen atoms in total. The Bertz CT molecular complexity index is 412. The third kappa shape index (κ3) is 3.07. The van der Waals surface area contributed by atoms with Gasteiger partial charge in [0, 0.05) is 30.9 Å². The molecule has 0 saturated carbocycles. The smallest absolute Gasteiger partial charge is 0.311 e. The number of aromatic nitrogens is 1. The van der Waals surface area contributed by atoms with Crippen molar-refractivity contribution in [3.05, 3.63) is 30.1 Å². The van der Waals surface area contributed by atoms with E-state index in [0.717, 1.165) is 12.2 Å². The van der Waals surface area contributed by atoms with E-state index < -0.39 is 5.60 Å². The van der Waals surface area contributed by atoms with Crippen LogP contribution in [0.25, 0.3) is 0 Å². The van der Waals surface area contributed by atoms with E-state index in [4.69, 9.17) is 4.74 Å². The molecule has 1 aromatic rings. The van der Waals surface area contributed by atoms with Crippen LogP contribution in [0.2, 0.25) is 0 Å². The fourth-order valence-electron chi connectivity index (χ4n) is 2.21. The van der Waals surface area contributed by atoms with Gasteiger partial charge in [-0.25, -0.2) is 0 Å². The van der Waals surface area contributed by atoms with Crippen molar-refractivity contribution in [3.8, 4) is 0 Å². The Hall–Kier alpha value is -1.42. The van der Waals surface area contributed by atoms with E-state index in [0.29, 0.717) is 6.54 Å². The van der Waals surface area contributed by atoms with Crippen LogP contribution in [0.1, 0.15) is 32.4 Å². The molecule has 0 aromatic carbocycles. The summed E-state index contributed by atoms with van der Waals surface area (Å²) in [4.78, 5) is 16.5. The summed E-state index contributed by atoms with van der Waals surface area (Å²) in [7, 11) is 0. The van der Waals surface area contributed by atoms with Gasteiger partial charge in [-0.15, -0.1) is 0 Å². The topological polar surface area (TPSA) is 51.2 Å². The van der Waals surface area contributed by atoms with Crippen molar-refractivity contribution < 1.29 is 9.53 Å². The van der Waals surface area contributed by atoms with Gasteiger partial charge >= 0.3 is 5.97 Å². The summed E-state index contributed by atoms with van der Waals surface area (Å²) < 4.78 is 5.47. The number of hydrogen-bond donors (Lipinski definition) is 1. The van der Waals surface area contributed by atoms with Gasteiger partial charge in [0.25, 0.3) is 0 Å². The first-order valence-electron chi connectivity index (χ1n) is 6.32. The first-order chi connectivity index (χ1) is 8.47. The van der Waals surface area contributed by atoms with Crippen LogP contribution in [0.4, 0.5) is 0 Å². The monoisotopic (exact) mass is 248 g/mol. The van der Waals surface area contributed by atoms with Gasteiger partial charge in [-0.3, -0.25) is 9.78 Å². The van der Waals surface area contributed by atoms with E-state index in [9.17, 15) is 4.79 Å². The largest absolute Gasteiger partial charge is 0.460 e. The highest BCUT2D eigenvalue weighted by molar-refractivity contribution is 5.75. The minimum Gasteiger partial charge on any atom is -0.460 e. The number of pyridine rings is 1. The van der Waals surface area contributed by atoms with E-state index in [2.05, 4.69) is 10.3 Å². The molecule has 0 bridgehead atoms. The summed E-state index contributed by atoms with van der Waals surface area (Å²) in [6, 6.07) is 5.80. The lowest BCUT2D eigenvalue weighted by Gasteiger charge is -2.24. The standard InChI is InChI=1S/C14H20N2O2/c1-14(2,3)18-13(17)11-9-15-8-10(11)12-6-4-5-7-16-12/h4-7,10-11,15H,8-9H2,1-3H3. The Morgan fingerprint density at radius 2 is 2.17 bits per heavy atom. The van der Waals surface area contributed by atoms with Crippen molar-refractivity contribution in [3.63, 3.8) is 0 Å². The number of rotatable bonds is 2. The zero-order valence-electron chi connectivity index (χ0n) is 11.1. The third-order valence-electron chi connectivity index (χ3n) is 2.99. The number of esters is 1. The highest BCUT2D eigenvalue weighted by atomic mass is 16.6. The Morgan fingerprint density at radius 3 is 2.78 bits per heavy atom. The SMILES string of the molecule is CC(C)(C)OC(=O)C1CNCC1c1ccccn1. The summed E-state index contributed by atoms with van der Waals surface area (Å²) in [6.45, 7) is 7.12. The molecule has 1 saturated heterocycles. The molecule has 1 aliphatic rings. The van der Waals surface area contributed by atoms with E-state index in [1.165, 1.54) is 0 Å². The van der Waals surface area contributed by atoms with Gasteiger partial charge in [0.05, 0.1) is 5.92 Å². The van der Waals surface area contributed by atoms with E-state index in [1.54, 1.807) is 6.20 Å². The molecule has 2 heterocycles. The summed E-state index contributed by atoms with van der Waals surface area (Å²) in [5.41, 5.74) is 0.521. The highest BCUT2D eigenvalue weighted by Gasteiger charge is 2.37. The lowest BCUT2D eigenvalue weighted by atomic mass is 9.92. The maximum Gasteiger partial charge on any atom is 0.311 e. The Morgan fingerprint density at radius 1 is 1.39 bits per heavy atom. The minimum atomic E-state index is -0.436. The van der Waals surface area contributed by atoms with Crippen LogP contribution < -0.4 is 5.32 Å². The second-order valence-electron chi connectivity index (χ2n) is 5.66. The molecule has 2 atom stereocenters. The zero-order valence-corrected chi connectivity index (χ0v) is 11.1. The number of carbonyl (C=O) groups excluding carboxylic acids is 1. The van der Waals surface area contributed by atoms with E-state index >= 15 is 0 Å². The number of nitrogens with zero attached hydrogens (tertiary/aromatic N) is 1. The molecular weight excluding hydrogens is 228 g/mol. The predicted octanol–water partition coefficient (Wildman–Crippen LogP) is 1.73. The molecule has 98 valence electrons. The van der Waals surface area contributed by atoms with E-state index in [-0.39, 0.29) is 17.8 Å². The first kappa shape index (κ1) is 13.0. The summed E-state index contributed by atoms with van der Waals surface area (Å²) in [6.07, 6.45) is 1.76. The lowest BCUT2D eigenvalue weighted by Crippen LogP contribution is -2.32. The van der Waals surface area contributed by atoms with Crippen molar-refractivity contribution in [2.24, 2.45) is 5.92 Å². The van der Waals surface area contributed by atoms with Gasteiger partial charge in [0.2, 0.25) is 0 Å². The molecule has 18 heavy (non-hydrogen) atoms. The van der Waals surface area contributed by atoms with Crippen LogP contribution in [0.5, 0.6) is 0 Å². The second-order valence-corrected chi connectivity index (χ2v) is 5.66. The average molecular weight is 248 g/mol. The summed E-state index contributed by atoms with van der Waals surface area (Å²) in [5, 5.41) is 3.25. The molecule has 2 rings (SSSR count).